The molecule has 0 radical (unpaired) electrons. The highest BCUT2D eigenvalue weighted by Gasteiger charge is 2.16. The van der Waals surface area contributed by atoms with E-state index in [0.29, 0.717) is 12.0 Å². The standard InChI is InChI=1S/C26H42O2.C2H6O.C2H6/c1-8-10-13-20(3)16-17-21(4)26(28-7)15-11-14-23-19-24(27-6)18-22(5)25(23)12-9-2;1-3-2;1-2/h8,16,18-19,21,26H,1,9-15,17H2,2-7H3;1-2H3;1-2H3/b20-16+;;. The lowest BCUT2D eigenvalue weighted by molar-refractivity contribution is 0.0512. The average Bonchev–Trinajstić information content (AvgIpc) is 2.82. The van der Waals surface area contributed by atoms with Crippen LogP contribution < -0.4 is 4.74 Å². The zero-order valence-electron chi connectivity index (χ0n) is 23.6. The summed E-state index contributed by atoms with van der Waals surface area (Å²) in [5, 5.41) is 0. The van der Waals surface area contributed by atoms with E-state index in [9.17, 15) is 0 Å². The third-order valence-corrected chi connectivity index (χ3v) is 5.73. The number of ether oxygens (including phenoxy) is 3. The number of benzene rings is 1. The Bertz CT molecular complexity index is 634. The van der Waals surface area contributed by atoms with Crippen LogP contribution in [0.1, 0.15) is 89.8 Å². The molecule has 1 rings (SSSR count). The van der Waals surface area contributed by atoms with Gasteiger partial charge in [-0.15, -0.1) is 6.58 Å². The van der Waals surface area contributed by atoms with Gasteiger partial charge in [-0.2, -0.15) is 0 Å². The van der Waals surface area contributed by atoms with Crippen molar-refractivity contribution in [3.05, 3.63) is 53.1 Å². The van der Waals surface area contributed by atoms with Gasteiger partial charge in [0.1, 0.15) is 5.75 Å². The Morgan fingerprint density at radius 2 is 1.73 bits per heavy atom. The summed E-state index contributed by atoms with van der Waals surface area (Å²) in [4.78, 5) is 0. The lowest BCUT2D eigenvalue weighted by Crippen LogP contribution is -2.20. The van der Waals surface area contributed by atoms with E-state index < -0.39 is 0 Å². The molecule has 0 aliphatic carbocycles. The number of hydrogen-bond acceptors (Lipinski definition) is 3. The van der Waals surface area contributed by atoms with E-state index in [4.69, 9.17) is 9.47 Å². The van der Waals surface area contributed by atoms with E-state index in [0.717, 1.165) is 50.7 Å². The molecule has 0 spiro atoms. The SMILES string of the molecule is C=CCC/C(C)=C/CC(C)C(CCCc1cc(OC)cc(C)c1CCC)OC.CC.COC. The summed E-state index contributed by atoms with van der Waals surface area (Å²) in [5.41, 5.74) is 5.76. The molecular formula is C30H54O3. The van der Waals surface area contributed by atoms with Crippen molar-refractivity contribution >= 4 is 0 Å². The summed E-state index contributed by atoms with van der Waals surface area (Å²) in [6.07, 6.45) is 13.6. The minimum Gasteiger partial charge on any atom is -0.497 e. The van der Waals surface area contributed by atoms with Gasteiger partial charge in [0.2, 0.25) is 0 Å². The molecule has 0 saturated carbocycles. The molecule has 1 aromatic rings. The minimum atomic E-state index is 0.310. The van der Waals surface area contributed by atoms with Crippen LogP contribution in [0.15, 0.2) is 36.4 Å². The Balaban J connectivity index is 0. The molecule has 192 valence electrons. The van der Waals surface area contributed by atoms with Crippen molar-refractivity contribution in [1.82, 2.24) is 0 Å². The molecule has 0 aromatic heterocycles. The Kier molecular flexibility index (Phi) is 22.6. The van der Waals surface area contributed by atoms with E-state index in [1.165, 1.54) is 28.7 Å². The zero-order valence-corrected chi connectivity index (χ0v) is 23.6. The van der Waals surface area contributed by atoms with E-state index in [1.54, 1.807) is 21.3 Å². The molecule has 2 atom stereocenters. The van der Waals surface area contributed by atoms with Crippen LogP contribution in [0.4, 0.5) is 0 Å². The van der Waals surface area contributed by atoms with Gasteiger partial charge in [0.05, 0.1) is 13.2 Å². The van der Waals surface area contributed by atoms with Gasteiger partial charge < -0.3 is 14.2 Å². The fourth-order valence-electron chi connectivity index (χ4n) is 3.90. The van der Waals surface area contributed by atoms with Gasteiger partial charge in [-0.1, -0.05) is 51.8 Å². The second kappa shape index (κ2) is 22.2. The monoisotopic (exact) mass is 462 g/mol. The molecule has 0 fully saturated rings. The van der Waals surface area contributed by atoms with Gasteiger partial charge in [-0.25, -0.2) is 0 Å². The molecule has 0 aliphatic rings. The molecule has 0 N–H and O–H groups in total. The molecule has 0 amide bonds. The summed E-state index contributed by atoms with van der Waals surface area (Å²) in [5.74, 6) is 1.51. The van der Waals surface area contributed by atoms with Gasteiger partial charge in [-0.05, 0) is 93.5 Å². The number of hydrogen-bond donors (Lipinski definition) is 0. The van der Waals surface area contributed by atoms with E-state index >= 15 is 0 Å². The summed E-state index contributed by atoms with van der Waals surface area (Å²) in [7, 11) is 6.86. The molecule has 3 nitrogen and oxygen atoms in total. The third kappa shape index (κ3) is 15.0. The number of allylic oxidation sites excluding steroid dienone is 3. The maximum Gasteiger partial charge on any atom is 0.119 e. The van der Waals surface area contributed by atoms with Crippen LogP contribution in [0, 0.1) is 12.8 Å². The molecule has 2 unspecified atom stereocenters. The number of methoxy groups -OCH3 is 3. The van der Waals surface area contributed by atoms with E-state index in [1.807, 2.05) is 27.0 Å². The first-order valence-corrected chi connectivity index (χ1v) is 12.7. The fraction of sp³-hybridized carbons (Fsp3) is 0.667. The van der Waals surface area contributed by atoms with E-state index in [-0.39, 0.29) is 0 Å². The molecule has 1 aromatic carbocycles. The fourth-order valence-corrected chi connectivity index (χ4v) is 3.90. The minimum absolute atomic E-state index is 0.310. The lowest BCUT2D eigenvalue weighted by Gasteiger charge is -2.22. The van der Waals surface area contributed by atoms with Crippen LogP contribution in [-0.4, -0.2) is 34.5 Å². The summed E-state index contributed by atoms with van der Waals surface area (Å²) < 4.78 is 15.6. The average molecular weight is 463 g/mol. The molecule has 0 bridgehead atoms. The highest BCUT2D eigenvalue weighted by Crippen LogP contribution is 2.26. The molecule has 0 saturated heterocycles. The van der Waals surface area contributed by atoms with Gasteiger partial charge in [0.15, 0.2) is 0 Å². The van der Waals surface area contributed by atoms with E-state index in [2.05, 4.69) is 57.2 Å². The second-order valence-electron chi connectivity index (χ2n) is 8.50. The molecular weight excluding hydrogens is 408 g/mol. The highest BCUT2D eigenvalue weighted by atomic mass is 16.5. The Morgan fingerprint density at radius 1 is 1.09 bits per heavy atom. The smallest absolute Gasteiger partial charge is 0.119 e. The van der Waals surface area contributed by atoms with Crippen LogP contribution >= 0.6 is 0 Å². The predicted octanol–water partition coefficient (Wildman–Crippen LogP) is 8.52. The van der Waals surface area contributed by atoms with Gasteiger partial charge in [0, 0.05) is 21.3 Å². The van der Waals surface area contributed by atoms with Gasteiger partial charge >= 0.3 is 0 Å². The van der Waals surface area contributed by atoms with Crippen molar-refractivity contribution in [2.24, 2.45) is 5.92 Å². The van der Waals surface area contributed by atoms with Crippen molar-refractivity contribution in [3.63, 3.8) is 0 Å². The molecule has 0 heterocycles. The topological polar surface area (TPSA) is 27.7 Å². The summed E-state index contributed by atoms with van der Waals surface area (Å²) in [6.45, 7) is 16.8. The van der Waals surface area contributed by atoms with Crippen molar-refractivity contribution in [2.75, 3.05) is 28.4 Å². The Morgan fingerprint density at radius 3 is 2.24 bits per heavy atom. The zero-order chi connectivity index (χ0) is 25.6. The van der Waals surface area contributed by atoms with Crippen LogP contribution in [0.3, 0.4) is 0 Å². The van der Waals surface area contributed by atoms with Crippen molar-refractivity contribution in [1.29, 1.82) is 0 Å². The van der Waals surface area contributed by atoms with Crippen LogP contribution in [0.2, 0.25) is 0 Å². The Hall–Kier alpha value is -1.58. The molecule has 0 aliphatic heterocycles. The van der Waals surface area contributed by atoms with Gasteiger partial charge in [-0.3, -0.25) is 0 Å². The quantitative estimate of drug-likeness (QED) is 0.259. The van der Waals surface area contributed by atoms with Crippen LogP contribution in [-0.2, 0) is 22.3 Å². The maximum absolute atomic E-state index is 5.84. The highest BCUT2D eigenvalue weighted by molar-refractivity contribution is 5.42. The summed E-state index contributed by atoms with van der Waals surface area (Å²) in [6, 6.07) is 4.39. The normalized spacial score (nSPS) is 12.6. The largest absolute Gasteiger partial charge is 0.497 e. The maximum atomic E-state index is 5.84. The number of aryl methyl sites for hydroxylation is 2. The van der Waals surface area contributed by atoms with Crippen LogP contribution in [0.5, 0.6) is 5.75 Å². The second-order valence-corrected chi connectivity index (χ2v) is 8.50. The van der Waals surface area contributed by atoms with Crippen molar-refractivity contribution in [2.45, 2.75) is 99.0 Å². The Labute approximate surface area is 206 Å². The molecule has 33 heavy (non-hydrogen) atoms. The van der Waals surface area contributed by atoms with Gasteiger partial charge in [0.25, 0.3) is 0 Å². The first-order valence-electron chi connectivity index (χ1n) is 12.7. The number of rotatable bonds is 14. The first kappa shape index (κ1) is 33.6. The predicted molar refractivity (Wildman–Crippen MR) is 147 cm³/mol. The third-order valence-electron chi connectivity index (χ3n) is 5.73. The first-order chi connectivity index (χ1) is 15.9. The van der Waals surface area contributed by atoms with Crippen LogP contribution in [0.25, 0.3) is 0 Å². The lowest BCUT2D eigenvalue weighted by atomic mass is 9.91. The van der Waals surface area contributed by atoms with Crippen molar-refractivity contribution < 1.29 is 14.2 Å². The van der Waals surface area contributed by atoms with Crippen molar-refractivity contribution in [3.8, 4) is 5.75 Å². The summed E-state index contributed by atoms with van der Waals surface area (Å²) >= 11 is 0. The molecule has 3 heteroatoms.